The van der Waals surface area contributed by atoms with Crippen LogP contribution in [0.1, 0.15) is 0 Å². The zero-order valence-corrected chi connectivity index (χ0v) is 19.2. The molecule has 16 heteroatoms. The maximum absolute atomic E-state index is 8.49. The molecule has 16 heavy (non-hydrogen) atoms. The number of hydrogen-bond donors (Lipinski definition) is 0. The van der Waals surface area contributed by atoms with Crippen LogP contribution in [-0.4, -0.2) is 5.09 Å². The van der Waals surface area contributed by atoms with Crippen molar-refractivity contribution in [1.82, 2.24) is 0 Å². The molecule has 11 nitrogen and oxygen atoms in total. The van der Waals surface area contributed by atoms with Gasteiger partial charge in [0, 0.05) is 0 Å². The van der Waals surface area contributed by atoms with Crippen LogP contribution in [0, 0.1) is 36.3 Å². The summed E-state index contributed by atoms with van der Waals surface area (Å²) in [5.41, 5.74) is 0. The molecule has 0 aliphatic carbocycles. The van der Waals surface area contributed by atoms with Crippen molar-refractivity contribution >= 4 is 0 Å². The molecule has 0 aliphatic heterocycles. The summed E-state index contributed by atoms with van der Waals surface area (Å²) in [5, 5.41) is 14.8. The van der Waals surface area contributed by atoms with Gasteiger partial charge in [-0.2, -0.15) is 0 Å². The Kier molecular flexibility index (Phi) is 56.5. The zero-order valence-electron chi connectivity index (χ0n) is 8.29. The van der Waals surface area contributed by atoms with Crippen LogP contribution in [0.4, 0.5) is 0 Å². The molecule has 0 saturated carbocycles. The Bertz CT molecular complexity index is 113. The minimum atomic E-state index is -4.94. The quantitative estimate of drug-likeness (QED) is 0.224. The van der Waals surface area contributed by atoms with Crippen LogP contribution >= 0.6 is 0 Å². The molecule has 0 aromatic heterocycles. The summed E-state index contributed by atoms with van der Waals surface area (Å²) in [6, 6.07) is 0. The van der Waals surface area contributed by atoms with E-state index in [1.807, 2.05) is 0 Å². The summed E-state index contributed by atoms with van der Waals surface area (Å²) in [6.07, 6.45) is 0. The Morgan fingerprint density at radius 3 is 0.812 bits per heavy atom. The minimum absolute atomic E-state index is 0. The Morgan fingerprint density at radius 1 is 0.812 bits per heavy atom. The SMILES string of the molecule is O=[N+]([O-])[O-].[K+].[K+].[K+].[O-][Cl+2]([O-])[O-].[O-][Cl+3]([O-])([O-])[O-]. The van der Waals surface area contributed by atoms with Crippen molar-refractivity contribution in [2.24, 2.45) is 0 Å². The maximum atomic E-state index is 8.49. The van der Waals surface area contributed by atoms with Crippen LogP contribution in [0.5, 0.6) is 0 Å². The molecule has 0 aromatic carbocycles. The summed E-state index contributed by atoms with van der Waals surface area (Å²) in [5.74, 6) is 0. The molecule has 0 radical (unpaired) electrons. The summed E-state index contributed by atoms with van der Waals surface area (Å²) < 4.78 is 59.2. The largest absolute Gasteiger partial charge is 1.00 e. The van der Waals surface area contributed by atoms with E-state index in [2.05, 4.69) is 0 Å². The first-order chi connectivity index (χ1) is 5.46. The molecule has 0 rings (SSSR count). The van der Waals surface area contributed by atoms with Gasteiger partial charge >= 0.3 is 154 Å². The predicted octanol–water partition coefficient (Wildman–Crippen LogP) is -17.6. The van der Waals surface area contributed by atoms with Crippen LogP contribution in [0.3, 0.4) is 0 Å². The van der Waals surface area contributed by atoms with Gasteiger partial charge < -0.3 is 29.3 Å². The molecule has 0 aromatic rings. The molecule has 0 aliphatic rings. The minimum Gasteiger partial charge on any atom is -0.357 e. The van der Waals surface area contributed by atoms with Gasteiger partial charge in [0.25, 0.3) is 0 Å². The fraction of sp³-hybridized carbons (Fsp3) is 0. The number of halogens is 2. The van der Waals surface area contributed by atoms with Gasteiger partial charge in [0.1, 0.15) is 0 Å². The summed E-state index contributed by atoms with van der Waals surface area (Å²) >= 11 is 0. The molecule has 82 valence electrons. The van der Waals surface area contributed by atoms with E-state index in [0.717, 1.165) is 0 Å². The summed E-state index contributed by atoms with van der Waals surface area (Å²) in [7, 11) is -7.80. The van der Waals surface area contributed by atoms with E-state index in [4.69, 9.17) is 47.9 Å². The first kappa shape index (κ1) is 37.0. The molecular formula is Cl2K3NO10. The maximum Gasteiger partial charge on any atom is 1.00 e. The van der Waals surface area contributed by atoms with Crippen molar-refractivity contribution in [3.8, 4) is 0 Å². The monoisotopic (exact) mass is 361 g/mol. The van der Waals surface area contributed by atoms with Gasteiger partial charge in [-0.15, -0.1) is 10.2 Å². The summed E-state index contributed by atoms with van der Waals surface area (Å²) in [4.78, 5) is 8.25. The number of nitrogens with zero attached hydrogens (tertiary/aromatic N) is 1. The fourth-order valence-corrected chi connectivity index (χ4v) is 0. The van der Waals surface area contributed by atoms with E-state index in [-0.39, 0.29) is 154 Å². The first-order valence-corrected chi connectivity index (χ1v) is 3.79. The topological polar surface area (TPSA) is 228 Å². The zero-order chi connectivity index (χ0) is 11.7. The smallest absolute Gasteiger partial charge is 0.357 e. The van der Waals surface area contributed by atoms with Gasteiger partial charge in [0.15, 0.2) is 0 Å². The molecule has 0 fully saturated rings. The molecule has 0 saturated heterocycles. The molecule has 0 heterocycles. The van der Waals surface area contributed by atoms with E-state index >= 15 is 0 Å². The van der Waals surface area contributed by atoms with Gasteiger partial charge in [0.05, 0.1) is 15.9 Å². The predicted molar refractivity (Wildman–Crippen MR) is 10.4 cm³/mol. The average Bonchev–Trinajstić information content (AvgIpc) is 1.50. The average molecular weight is 362 g/mol. The number of hydrogen-bond acceptors (Lipinski definition) is 10. The van der Waals surface area contributed by atoms with Gasteiger partial charge in [-0.25, -0.2) is 18.6 Å². The Hall–Kier alpha value is 4.41. The van der Waals surface area contributed by atoms with E-state index in [0.29, 0.717) is 0 Å². The van der Waals surface area contributed by atoms with Crippen LogP contribution in [-0.2, 0) is 0 Å². The van der Waals surface area contributed by atoms with Gasteiger partial charge in [0.2, 0.25) is 0 Å². The van der Waals surface area contributed by atoms with Crippen LogP contribution in [0.2, 0.25) is 0 Å². The molecule has 0 N–H and O–H groups in total. The fourth-order valence-electron chi connectivity index (χ4n) is 0. The van der Waals surface area contributed by atoms with Crippen LogP contribution in [0.25, 0.3) is 0 Å². The molecule has 0 atom stereocenters. The standard InChI is InChI=1S/ClHO4.ClO3.3K.NO3/c2-1(3,4)5;2-1(3)4;;;;2-1(3)4/h(H,2,3,4,5);;;;;/q;-1;3*+1;-1/p-1. The molecule has 0 amide bonds. The van der Waals surface area contributed by atoms with E-state index in [1.165, 1.54) is 0 Å². The Morgan fingerprint density at radius 2 is 0.812 bits per heavy atom. The van der Waals surface area contributed by atoms with Crippen molar-refractivity contribution in [3.05, 3.63) is 15.3 Å². The third-order valence-corrected chi connectivity index (χ3v) is 0. The molecule has 0 unspecified atom stereocenters. The van der Waals surface area contributed by atoms with E-state index in [1.54, 1.807) is 0 Å². The van der Waals surface area contributed by atoms with Crippen molar-refractivity contribution in [2.75, 3.05) is 0 Å². The van der Waals surface area contributed by atoms with Crippen LogP contribution in [0.15, 0.2) is 0 Å². The van der Waals surface area contributed by atoms with Crippen molar-refractivity contribution < 1.29 is 213 Å². The van der Waals surface area contributed by atoms with E-state index in [9.17, 15) is 0 Å². The first-order valence-electron chi connectivity index (χ1n) is 1.63. The number of rotatable bonds is 0. The third-order valence-electron chi connectivity index (χ3n) is 0. The van der Waals surface area contributed by atoms with Crippen molar-refractivity contribution in [1.29, 1.82) is 0 Å². The second-order valence-electron chi connectivity index (χ2n) is 0.791. The Labute approximate surface area is 222 Å². The van der Waals surface area contributed by atoms with Crippen LogP contribution < -0.4 is 187 Å². The van der Waals surface area contributed by atoms with Crippen molar-refractivity contribution in [3.63, 3.8) is 0 Å². The second-order valence-corrected chi connectivity index (χ2v) is 1.92. The Balaban J connectivity index is -0.0000000216. The normalized spacial score (nSPS) is 7.50. The molecule has 0 spiro atoms. The van der Waals surface area contributed by atoms with E-state index < -0.39 is 26.1 Å². The van der Waals surface area contributed by atoms with Crippen molar-refractivity contribution in [2.45, 2.75) is 0 Å². The second kappa shape index (κ2) is 24.4. The van der Waals surface area contributed by atoms with Gasteiger partial charge in [-0.1, -0.05) is 0 Å². The molecule has 0 bridgehead atoms. The molecular weight excluding hydrogens is 362 g/mol. The third kappa shape index (κ3) is 287. The van der Waals surface area contributed by atoms with Gasteiger partial charge in [-0.05, 0) is 0 Å². The summed E-state index contributed by atoms with van der Waals surface area (Å²) in [6.45, 7) is 0. The van der Waals surface area contributed by atoms with Gasteiger partial charge in [-0.3, -0.25) is 0 Å².